The third-order valence-corrected chi connectivity index (χ3v) is 2.18. The lowest BCUT2D eigenvalue weighted by Gasteiger charge is -2.20. The number of nitrogens with one attached hydrogen (secondary N) is 1. The molecule has 8 heteroatoms. The van der Waals surface area contributed by atoms with Crippen LogP contribution in [0.3, 0.4) is 0 Å². The van der Waals surface area contributed by atoms with Crippen molar-refractivity contribution in [2.24, 2.45) is 15.4 Å². The third-order valence-electron chi connectivity index (χ3n) is 2.18. The van der Waals surface area contributed by atoms with Crippen LogP contribution in [0.4, 0.5) is 4.79 Å². The van der Waals surface area contributed by atoms with E-state index in [1.54, 1.807) is 24.7 Å². The van der Waals surface area contributed by atoms with Crippen LogP contribution in [0.15, 0.2) is 39.9 Å². The number of carbonyl (C=O) groups excluding carboxylic acids is 1. The molecule has 0 aliphatic carbocycles. The molecule has 2 rings (SSSR count). The Labute approximate surface area is 109 Å². The zero-order valence-electron chi connectivity index (χ0n) is 10.2. The van der Waals surface area contributed by atoms with E-state index in [9.17, 15) is 4.79 Å². The van der Waals surface area contributed by atoms with Gasteiger partial charge < -0.3 is 4.84 Å². The molecule has 0 aromatic carbocycles. The molecule has 0 saturated heterocycles. The minimum Gasteiger partial charge on any atom is -0.399 e. The molecule has 0 saturated carbocycles. The van der Waals surface area contributed by atoms with Crippen LogP contribution < -0.4 is 5.43 Å². The SMILES string of the molecule is CON=CC1=NNC(=O)N(N=Cc2cccnc2)C1. The maximum absolute atomic E-state index is 11.5. The van der Waals surface area contributed by atoms with Gasteiger partial charge in [-0.05, 0) is 6.07 Å². The van der Waals surface area contributed by atoms with Crippen molar-refractivity contribution in [3.63, 3.8) is 0 Å². The van der Waals surface area contributed by atoms with Gasteiger partial charge in [0.2, 0.25) is 0 Å². The molecule has 1 N–H and O–H groups in total. The summed E-state index contributed by atoms with van der Waals surface area (Å²) in [4.78, 5) is 20.0. The van der Waals surface area contributed by atoms with Crippen molar-refractivity contribution in [1.82, 2.24) is 15.4 Å². The summed E-state index contributed by atoms with van der Waals surface area (Å²) in [6.45, 7) is 0.218. The number of hydrogen-bond acceptors (Lipinski definition) is 6. The van der Waals surface area contributed by atoms with Gasteiger partial charge in [0.1, 0.15) is 12.8 Å². The van der Waals surface area contributed by atoms with Crippen LogP contribution in [-0.2, 0) is 4.84 Å². The standard InChI is InChI=1S/C11H12N6O2/c1-19-14-7-10-8-17(11(18)16-15-10)13-6-9-3-2-4-12-5-9/h2-7H,8H2,1H3,(H,16,18). The number of nitrogens with zero attached hydrogens (tertiary/aromatic N) is 5. The summed E-state index contributed by atoms with van der Waals surface area (Å²) >= 11 is 0. The largest absolute Gasteiger partial charge is 0.399 e. The Hall–Kier alpha value is -2.77. The van der Waals surface area contributed by atoms with Crippen LogP contribution in [-0.4, -0.2) is 47.8 Å². The normalized spacial score (nSPS) is 15.7. The van der Waals surface area contributed by atoms with Crippen LogP contribution in [0.25, 0.3) is 0 Å². The van der Waals surface area contributed by atoms with Gasteiger partial charge in [0.25, 0.3) is 0 Å². The zero-order valence-corrected chi connectivity index (χ0v) is 10.2. The predicted octanol–water partition coefficient (Wildman–Crippen LogP) is 0.429. The van der Waals surface area contributed by atoms with Gasteiger partial charge in [-0.3, -0.25) is 4.98 Å². The second-order valence-corrected chi connectivity index (χ2v) is 3.53. The Kier molecular flexibility index (Phi) is 4.17. The van der Waals surface area contributed by atoms with Crippen LogP contribution >= 0.6 is 0 Å². The van der Waals surface area contributed by atoms with Crippen molar-refractivity contribution >= 4 is 24.2 Å². The molecule has 98 valence electrons. The molecule has 1 aromatic heterocycles. The van der Waals surface area contributed by atoms with Gasteiger partial charge in [0, 0.05) is 18.0 Å². The molecule has 0 spiro atoms. The highest BCUT2D eigenvalue weighted by Gasteiger charge is 2.18. The fourth-order valence-electron chi connectivity index (χ4n) is 1.30. The maximum Gasteiger partial charge on any atom is 0.358 e. The molecule has 0 radical (unpaired) electrons. The highest BCUT2D eigenvalue weighted by atomic mass is 16.6. The Morgan fingerprint density at radius 1 is 1.53 bits per heavy atom. The fourth-order valence-corrected chi connectivity index (χ4v) is 1.30. The number of pyridine rings is 1. The number of hydrogen-bond donors (Lipinski definition) is 1. The van der Waals surface area contributed by atoms with E-state index < -0.39 is 6.03 Å². The number of oxime groups is 1. The van der Waals surface area contributed by atoms with Crippen molar-refractivity contribution in [3.05, 3.63) is 30.1 Å². The minimum absolute atomic E-state index is 0.218. The third kappa shape index (κ3) is 3.60. The molecule has 1 aliphatic rings. The summed E-state index contributed by atoms with van der Waals surface area (Å²) in [7, 11) is 1.43. The molecule has 0 atom stereocenters. The number of urea groups is 1. The van der Waals surface area contributed by atoms with E-state index in [1.807, 2.05) is 6.07 Å². The van der Waals surface area contributed by atoms with Gasteiger partial charge in [0.05, 0.1) is 19.0 Å². The van der Waals surface area contributed by atoms with Crippen LogP contribution in [0, 0.1) is 0 Å². The molecule has 0 fully saturated rings. The first-order chi connectivity index (χ1) is 9.29. The minimum atomic E-state index is -0.408. The van der Waals surface area contributed by atoms with Crippen LogP contribution in [0.2, 0.25) is 0 Å². The van der Waals surface area contributed by atoms with Crippen molar-refractivity contribution < 1.29 is 9.63 Å². The fraction of sp³-hybridized carbons (Fsp3) is 0.182. The number of hydrazone groups is 2. The topological polar surface area (TPSA) is 91.5 Å². The van der Waals surface area contributed by atoms with E-state index in [0.29, 0.717) is 5.71 Å². The predicted molar refractivity (Wildman–Crippen MR) is 70.0 cm³/mol. The quantitative estimate of drug-likeness (QED) is 0.628. The monoisotopic (exact) mass is 260 g/mol. The lowest BCUT2D eigenvalue weighted by Crippen LogP contribution is -2.43. The molecule has 0 unspecified atom stereocenters. The first kappa shape index (κ1) is 12.7. The highest BCUT2D eigenvalue weighted by molar-refractivity contribution is 6.32. The second kappa shape index (κ2) is 6.24. The molecular weight excluding hydrogens is 248 g/mol. The van der Waals surface area contributed by atoms with E-state index in [-0.39, 0.29) is 6.54 Å². The average molecular weight is 260 g/mol. The smallest absolute Gasteiger partial charge is 0.358 e. The first-order valence-electron chi connectivity index (χ1n) is 5.44. The van der Waals surface area contributed by atoms with Crippen molar-refractivity contribution in [2.45, 2.75) is 0 Å². The zero-order chi connectivity index (χ0) is 13.5. The molecule has 2 amide bonds. The molecule has 19 heavy (non-hydrogen) atoms. The summed E-state index contributed by atoms with van der Waals surface area (Å²) in [6, 6.07) is 3.21. The second-order valence-electron chi connectivity index (χ2n) is 3.53. The van der Waals surface area contributed by atoms with Crippen LogP contribution in [0.1, 0.15) is 5.56 Å². The van der Waals surface area contributed by atoms with Crippen LogP contribution in [0.5, 0.6) is 0 Å². The van der Waals surface area contributed by atoms with E-state index in [0.717, 1.165) is 5.56 Å². The van der Waals surface area contributed by atoms with E-state index in [2.05, 4.69) is 30.6 Å². The Morgan fingerprint density at radius 2 is 2.42 bits per heavy atom. The van der Waals surface area contributed by atoms with Crippen molar-refractivity contribution in [3.8, 4) is 0 Å². The molecular formula is C11H12N6O2. The Bertz CT molecular complexity index is 525. The number of rotatable bonds is 4. The molecule has 1 aliphatic heterocycles. The number of amides is 2. The summed E-state index contributed by atoms with van der Waals surface area (Å²) in [5.41, 5.74) is 3.65. The van der Waals surface area contributed by atoms with E-state index in [1.165, 1.54) is 18.3 Å². The molecule has 1 aromatic rings. The van der Waals surface area contributed by atoms with Gasteiger partial charge >= 0.3 is 6.03 Å². The van der Waals surface area contributed by atoms with Gasteiger partial charge in [0.15, 0.2) is 0 Å². The Balaban J connectivity index is 2.04. The van der Waals surface area contributed by atoms with Gasteiger partial charge in [-0.25, -0.2) is 15.2 Å². The van der Waals surface area contributed by atoms with Gasteiger partial charge in [-0.15, -0.1) is 0 Å². The van der Waals surface area contributed by atoms with Crippen molar-refractivity contribution in [1.29, 1.82) is 0 Å². The highest BCUT2D eigenvalue weighted by Crippen LogP contribution is 1.99. The number of carbonyl (C=O) groups is 1. The summed E-state index contributed by atoms with van der Waals surface area (Å²) in [5.74, 6) is 0. The van der Waals surface area contributed by atoms with Gasteiger partial charge in [-0.2, -0.15) is 10.2 Å². The first-order valence-corrected chi connectivity index (χ1v) is 5.44. The summed E-state index contributed by atoms with van der Waals surface area (Å²) in [6.07, 6.45) is 6.26. The lowest BCUT2D eigenvalue weighted by molar-refractivity contribution is 0.204. The number of aromatic nitrogens is 1. The molecule has 8 nitrogen and oxygen atoms in total. The van der Waals surface area contributed by atoms with E-state index >= 15 is 0 Å². The Morgan fingerprint density at radius 3 is 3.16 bits per heavy atom. The lowest BCUT2D eigenvalue weighted by atomic mass is 10.3. The van der Waals surface area contributed by atoms with Gasteiger partial charge in [-0.1, -0.05) is 11.2 Å². The molecule has 0 bridgehead atoms. The summed E-state index contributed by atoms with van der Waals surface area (Å²) < 4.78 is 0. The molecule has 2 heterocycles. The summed E-state index contributed by atoms with van der Waals surface area (Å²) in [5, 5.41) is 12.7. The van der Waals surface area contributed by atoms with E-state index in [4.69, 9.17) is 0 Å². The average Bonchev–Trinajstić information content (AvgIpc) is 2.46. The van der Waals surface area contributed by atoms with Crippen molar-refractivity contribution in [2.75, 3.05) is 13.7 Å². The maximum atomic E-state index is 11.5.